The first-order valence-corrected chi connectivity index (χ1v) is 8.63. The van der Waals surface area contributed by atoms with E-state index in [-0.39, 0.29) is 24.0 Å². The molecule has 6 nitrogen and oxygen atoms in total. The molecule has 1 aliphatic heterocycles. The molecule has 6 heteroatoms. The van der Waals surface area contributed by atoms with Gasteiger partial charge in [0.05, 0.1) is 6.61 Å². The summed E-state index contributed by atoms with van der Waals surface area (Å²) in [6.45, 7) is 7.08. The molecule has 138 valence electrons. The molecular weight excluding hydrogens is 320 g/mol. The summed E-state index contributed by atoms with van der Waals surface area (Å²) in [5, 5.41) is 3.08. The van der Waals surface area contributed by atoms with Crippen LogP contribution in [0.25, 0.3) is 0 Å². The van der Waals surface area contributed by atoms with Crippen LogP contribution in [-0.2, 0) is 9.47 Å². The highest BCUT2D eigenvalue weighted by Crippen LogP contribution is 2.21. The van der Waals surface area contributed by atoms with Gasteiger partial charge in [0.1, 0.15) is 5.60 Å². The Kier molecular flexibility index (Phi) is 6.42. The quantitative estimate of drug-likeness (QED) is 0.908. The van der Waals surface area contributed by atoms with Gasteiger partial charge in [0.2, 0.25) is 0 Å². The monoisotopic (exact) mass is 348 g/mol. The van der Waals surface area contributed by atoms with Gasteiger partial charge >= 0.3 is 6.09 Å². The standard InChI is InChI=1S/C19H28N2O4/c1-19(2,3)25-18(23)21-11-10-16(15(12-21)13-24-4)20-17(22)14-8-6-5-7-9-14/h5-9,15-16H,10-13H2,1-4H3,(H,20,22). The molecule has 1 aromatic rings. The molecule has 0 aliphatic carbocycles. The number of piperidine rings is 1. The Labute approximate surface area is 149 Å². The molecule has 0 saturated carbocycles. The van der Waals surface area contributed by atoms with Crippen LogP contribution in [0.3, 0.4) is 0 Å². The summed E-state index contributed by atoms with van der Waals surface area (Å²) >= 11 is 0. The Morgan fingerprint density at radius 3 is 2.52 bits per heavy atom. The maximum absolute atomic E-state index is 12.4. The Hall–Kier alpha value is -2.08. The number of nitrogens with zero attached hydrogens (tertiary/aromatic N) is 1. The maximum atomic E-state index is 12.4. The molecule has 0 radical (unpaired) electrons. The van der Waals surface area contributed by atoms with Crippen molar-refractivity contribution in [1.29, 1.82) is 0 Å². The number of benzene rings is 1. The van der Waals surface area contributed by atoms with Gasteiger partial charge in [-0.1, -0.05) is 18.2 Å². The first-order valence-electron chi connectivity index (χ1n) is 8.63. The topological polar surface area (TPSA) is 67.9 Å². The summed E-state index contributed by atoms with van der Waals surface area (Å²) in [5.41, 5.74) is 0.111. The molecule has 2 unspecified atom stereocenters. The van der Waals surface area contributed by atoms with Crippen LogP contribution in [0.4, 0.5) is 4.79 Å². The van der Waals surface area contributed by atoms with E-state index in [0.29, 0.717) is 31.7 Å². The van der Waals surface area contributed by atoms with Crippen LogP contribution in [0.2, 0.25) is 0 Å². The van der Waals surface area contributed by atoms with Gasteiger partial charge < -0.3 is 19.7 Å². The second kappa shape index (κ2) is 8.34. The van der Waals surface area contributed by atoms with Crippen LogP contribution in [0, 0.1) is 5.92 Å². The molecule has 0 aromatic heterocycles. The number of hydrogen-bond acceptors (Lipinski definition) is 4. The van der Waals surface area contributed by atoms with E-state index < -0.39 is 5.60 Å². The molecular formula is C19H28N2O4. The predicted octanol–water partition coefficient (Wildman–Crippen LogP) is 2.69. The minimum atomic E-state index is -0.522. The van der Waals surface area contributed by atoms with Crippen molar-refractivity contribution in [3.05, 3.63) is 35.9 Å². The number of nitrogens with one attached hydrogen (secondary N) is 1. The molecule has 1 fully saturated rings. The van der Waals surface area contributed by atoms with E-state index >= 15 is 0 Å². The fourth-order valence-corrected chi connectivity index (χ4v) is 2.94. The first kappa shape index (κ1) is 19.2. The summed E-state index contributed by atoms with van der Waals surface area (Å²) in [6, 6.07) is 9.10. The van der Waals surface area contributed by atoms with E-state index in [4.69, 9.17) is 9.47 Å². The van der Waals surface area contributed by atoms with Crippen LogP contribution >= 0.6 is 0 Å². The normalized spacial score (nSPS) is 20.9. The molecule has 1 aliphatic rings. The number of hydrogen-bond donors (Lipinski definition) is 1. The summed E-state index contributed by atoms with van der Waals surface area (Å²) < 4.78 is 10.7. The number of ether oxygens (including phenoxy) is 2. The van der Waals surface area contributed by atoms with E-state index in [1.807, 2.05) is 39.0 Å². The molecule has 1 aromatic carbocycles. The largest absolute Gasteiger partial charge is 0.444 e. The average Bonchev–Trinajstić information content (AvgIpc) is 2.55. The Bertz CT molecular complexity index is 583. The summed E-state index contributed by atoms with van der Waals surface area (Å²) in [7, 11) is 1.63. The van der Waals surface area contributed by atoms with Crippen molar-refractivity contribution in [2.24, 2.45) is 5.92 Å². The van der Waals surface area contributed by atoms with E-state index in [2.05, 4.69) is 5.32 Å². The molecule has 2 amide bonds. The van der Waals surface area contributed by atoms with E-state index in [1.54, 1.807) is 24.1 Å². The lowest BCUT2D eigenvalue weighted by Crippen LogP contribution is -2.54. The van der Waals surface area contributed by atoms with Crippen molar-refractivity contribution in [2.75, 3.05) is 26.8 Å². The van der Waals surface area contributed by atoms with Gasteiger partial charge in [-0.05, 0) is 39.3 Å². The first-order chi connectivity index (χ1) is 11.8. The third-order valence-corrected chi connectivity index (χ3v) is 4.12. The third-order valence-electron chi connectivity index (χ3n) is 4.12. The average molecular weight is 348 g/mol. The molecule has 1 heterocycles. The van der Waals surface area contributed by atoms with Gasteiger partial charge in [-0.3, -0.25) is 4.79 Å². The van der Waals surface area contributed by atoms with Crippen molar-refractivity contribution >= 4 is 12.0 Å². The van der Waals surface area contributed by atoms with Gasteiger partial charge in [-0.25, -0.2) is 4.79 Å². The molecule has 0 bridgehead atoms. The number of carbonyl (C=O) groups excluding carboxylic acids is 2. The number of methoxy groups -OCH3 is 1. The van der Waals surface area contributed by atoms with Crippen LogP contribution in [-0.4, -0.2) is 55.3 Å². The smallest absolute Gasteiger partial charge is 0.410 e. The summed E-state index contributed by atoms with van der Waals surface area (Å²) in [4.78, 5) is 26.4. The van der Waals surface area contributed by atoms with E-state index in [9.17, 15) is 9.59 Å². The van der Waals surface area contributed by atoms with Crippen molar-refractivity contribution < 1.29 is 19.1 Å². The number of likely N-dealkylation sites (tertiary alicyclic amines) is 1. The summed E-state index contributed by atoms with van der Waals surface area (Å²) in [6.07, 6.45) is 0.354. The minimum Gasteiger partial charge on any atom is -0.444 e. The summed E-state index contributed by atoms with van der Waals surface area (Å²) in [5.74, 6) is -0.0728. The molecule has 0 spiro atoms. The van der Waals surface area contributed by atoms with Crippen molar-refractivity contribution in [3.63, 3.8) is 0 Å². The minimum absolute atomic E-state index is 0.0268. The van der Waals surface area contributed by atoms with Crippen molar-refractivity contribution in [2.45, 2.75) is 38.8 Å². The fourth-order valence-electron chi connectivity index (χ4n) is 2.94. The highest BCUT2D eigenvalue weighted by atomic mass is 16.6. The zero-order valence-corrected chi connectivity index (χ0v) is 15.5. The zero-order chi connectivity index (χ0) is 18.4. The van der Waals surface area contributed by atoms with Crippen LogP contribution < -0.4 is 5.32 Å². The lowest BCUT2D eigenvalue weighted by Gasteiger charge is -2.39. The predicted molar refractivity (Wildman–Crippen MR) is 95.5 cm³/mol. The Balaban J connectivity index is 1.99. The van der Waals surface area contributed by atoms with Crippen LogP contribution in [0.1, 0.15) is 37.6 Å². The van der Waals surface area contributed by atoms with Gasteiger partial charge in [-0.15, -0.1) is 0 Å². The Morgan fingerprint density at radius 1 is 1.24 bits per heavy atom. The molecule has 1 N–H and O–H groups in total. The Morgan fingerprint density at radius 2 is 1.92 bits per heavy atom. The van der Waals surface area contributed by atoms with E-state index in [0.717, 1.165) is 0 Å². The van der Waals surface area contributed by atoms with Gasteiger partial charge in [0.25, 0.3) is 5.91 Å². The SMILES string of the molecule is COCC1CN(C(=O)OC(C)(C)C)CCC1NC(=O)c1ccccc1. The fraction of sp³-hybridized carbons (Fsp3) is 0.579. The number of amides is 2. The second-order valence-electron chi connectivity index (χ2n) is 7.38. The maximum Gasteiger partial charge on any atom is 0.410 e. The zero-order valence-electron chi connectivity index (χ0n) is 15.5. The molecule has 2 rings (SSSR count). The highest BCUT2D eigenvalue weighted by Gasteiger charge is 2.34. The molecule has 25 heavy (non-hydrogen) atoms. The number of carbonyl (C=O) groups is 2. The number of rotatable bonds is 4. The third kappa shape index (κ3) is 5.74. The molecule has 2 atom stereocenters. The van der Waals surface area contributed by atoms with E-state index in [1.165, 1.54) is 0 Å². The highest BCUT2D eigenvalue weighted by molar-refractivity contribution is 5.94. The van der Waals surface area contributed by atoms with Crippen LogP contribution in [0.5, 0.6) is 0 Å². The van der Waals surface area contributed by atoms with Gasteiger partial charge in [-0.2, -0.15) is 0 Å². The lowest BCUT2D eigenvalue weighted by atomic mass is 9.92. The van der Waals surface area contributed by atoms with Crippen LogP contribution in [0.15, 0.2) is 30.3 Å². The molecule has 1 saturated heterocycles. The van der Waals surface area contributed by atoms with Crippen molar-refractivity contribution in [1.82, 2.24) is 10.2 Å². The van der Waals surface area contributed by atoms with Crippen molar-refractivity contribution in [3.8, 4) is 0 Å². The van der Waals surface area contributed by atoms with Gasteiger partial charge in [0, 0.05) is 37.7 Å². The second-order valence-corrected chi connectivity index (χ2v) is 7.38. The lowest BCUT2D eigenvalue weighted by molar-refractivity contribution is 0.00568. The van der Waals surface area contributed by atoms with Gasteiger partial charge in [0.15, 0.2) is 0 Å².